The van der Waals surface area contributed by atoms with Crippen LogP contribution in [0.2, 0.25) is 0 Å². The fourth-order valence-corrected chi connectivity index (χ4v) is 6.85. The van der Waals surface area contributed by atoms with E-state index in [9.17, 15) is 73.5 Å². The number of thiol groups is 1. The molecule has 0 radical (unpaired) electrons. The van der Waals surface area contributed by atoms with Gasteiger partial charge in [0.15, 0.2) is 0 Å². The smallest absolute Gasteiger partial charge is 0.328 e. The molecule has 17 N–H and O–H groups in total. The summed E-state index contributed by atoms with van der Waals surface area (Å²) in [4.78, 5) is 131. The zero-order chi connectivity index (χ0) is 55.0. The maximum Gasteiger partial charge on any atom is 0.328 e. The number of phenols is 1. The third kappa shape index (κ3) is 20.9. The number of rotatable bonds is 32. The van der Waals surface area contributed by atoms with E-state index in [1.54, 1.807) is 27.7 Å². The maximum absolute atomic E-state index is 14.0. The molecule has 9 amide bonds. The van der Waals surface area contributed by atoms with Crippen LogP contribution in [-0.4, -0.2) is 182 Å². The SMILES string of the molecule is CC[C@H](C)[C@H](NC(=O)[C@H](CS)NC(=O)[C@H](CO)NC(=O)[C@H](Cc1ccc(O)cc1)NC(=O)[C@@H](NC(=O)[C@H](CO)NC(=O)[C@@H](N)CC(C)C)[C@@H](C)CC)C(=O)N[C@@H](C)C(=O)N[C@@H](CO)C(=O)N[C@@H](CO)C(=O)O. The molecular formula is C45H74N10O16S. The van der Waals surface area contributed by atoms with Crippen molar-refractivity contribution in [1.82, 2.24) is 47.9 Å². The maximum atomic E-state index is 14.0. The Kier molecular flexibility index (Phi) is 28.4. The van der Waals surface area contributed by atoms with Gasteiger partial charge in [0.25, 0.3) is 0 Å². The highest BCUT2D eigenvalue weighted by Crippen LogP contribution is 2.15. The number of nitrogens with one attached hydrogen (secondary N) is 9. The van der Waals surface area contributed by atoms with Crippen molar-refractivity contribution < 1.29 is 78.6 Å². The average Bonchev–Trinajstić information content (AvgIpc) is 3.34. The summed E-state index contributed by atoms with van der Waals surface area (Å²) in [5.41, 5.74) is 6.36. The molecule has 72 heavy (non-hydrogen) atoms. The summed E-state index contributed by atoms with van der Waals surface area (Å²) in [5, 5.41) is 79.3. The molecule has 0 aliphatic carbocycles. The number of hydrogen-bond acceptors (Lipinski definition) is 17. The van der Waals surface area contributed by atoms with Gasteiger partial charge in [-0.05, 0) is 48.8 Å². The molecule has 0 saturated heterocycles. The molecule has 0 spiro atoms. The number of aliphatic hydroxyl groups is 4. The van der Waals surface area contributed by atoms with E-state index >= 15 is 0 Å². The van der Waals surface area contributed by atoms with Gasteiger partial charge in [0.2, 0.25) is 53.2 Å². The number of carboxylic acid groups (broad SMARTS) is 1. The van der Waals surface area contributed by atoms with Crippen molar-refractivity contribution >= 4 is 71.8 Å². The fourth-order valence-electron chi connectivity index (χ4n) is 6.59. The van der Waals surface area contributed by atoms with E-state index in [0.29, 0.717) is 18.4 Å². The Hall–Kier alpha value is -6.13. The molecule has 0 aromatic heterocycles. The Labute approximate surface area is 422 Å². The molecule has 1 aromatic carbocycles. The molecule has 0 saturated carbocycles. The molecule has 0 aliphatic heterocycles. The third-order valence-corrected chi connectivity index (χ3v) is 11.8. The van der Waals surface area contributed by atoms with Gasteiger partial charge >= 0.3 is 5.97 Å². The van der Waals surface area contributed by atoms with Crippen molar-refractivity contribution in [3.05, 3.63) is 29.8 Å². The molecule has 1 aromatic rings. The van der Waals surface area contributed by atoms with Gasteiger partial charge in [0.1, 0.15) is 60.1 Å². The first-order valence-corrected chi connectivity index (χ1v) is 24.0. The van der Waals surface area contributed by atoms with E-state index in [-0.39, 0.29) is 30.3 Å². The van der Waals surface area contributed by atoms with Gasteiger partial charge in [-0.3, -0.25) is 43.2 Å². The lowest BCUT2D eigenvalue weighted by molar-refractivity contribution is -0.143. The van der Waals surface area contributed by atoms with E-state index in [1.807, 2.05) is 19.2 Å². The summed E-state index contributed by atoms with van der Waals surface area (Å²) in [7, 11) is 0. The molecular weight excluding hydrogens is 969 g/mol. The molecule has 27 heteroatoms. The van der Waals surface area contributed by atoms with Gasteiger partial charge in [-0.1, -0.05) is 66.5 Å². The van der Waals surface area contributed by atoms with Crippen LogP contribution >= 0.6 is 12.6 Å². The Bertz CT molecular complexity index is 2000. The molecule has 0 aliphatic rings. The van der Waals surface area contributed by atoms with Crippen molar-refractivity contribution in [2.45, 2.75) is 135 Å². The number of hydrogen-bond donors (Lipinski definition) is 17. The van der Waals surface area contributed by atoms with Gasteiger partial charge in [-0.25, -0.2) is 4.79 Å². The fraction of sp³-hybridized carbons (Fsp3) is 0.644. The van der Waals surface area contributed by atoms with Crippen LogP contribution in [0.25, 0.3) is 0 Å². The monoisotopic (exact) mass is 1040 g/mol. The number of aliphatic hydroxyl groups excluding tert-OH is 4. The molecule has 1 rings (SSSR count). The molecule has 26 nitrogen and oxygen atoms in total. The second-order valence-electron chi connectivity index (χ2n) is 17.7. The van der Waals surface area contributed by atoms with Crippen molar-refractivity contribution in [2.24, 2.45) is 23.5 Å². The van der Waals surface area contributed by atoms with E-state index < -0.39 is 158 Å². The minimum atomic E-state index is -1.76. The number of aliphatic carboxylic acids is 1. The lowest BCUT2D eigenvalue weighted by Gasteiger charge is -2.29. The predicted octanol–water partition coefficient (Wildman–Crippen LogP) is -5.23. The lowest BCUT2D eigenvalue weighted by atomic mass is 9.96. The quantitative estimate of drug-likeness (QED) is 0.0300. The van der Waals surface area contributed by atoms with Crippen LogP contribution in [0.5, 0.6) is 5.75 Å². The van der Waals surface area contributed by atoms with Crippen LogP contribution in [0.3, 0.4) is 0 Å². The first-order chi connectivity index (χ1) is 33.8. The van der Waals surface area contributed by atoms with Gasteiger partial charge in [0.05, 0.1) is 32.5 Å². The standard InChI is InChI=1S/C45H74N10O16S/c1-8-22(5)34(43(68)47-24(7)36(61)49-29(16-56)39(64)52-32(19-59)45(70)71)55-42(67)33(20-72)53-40(65)30(17-57)51-38(63)28(15-25-10-12-26(60)13-11-25)48-44(69)35(23(6)9-2)54-41(66)31(18-58)50-37(62)27(46)14-21(3)4/h10-13,21-24,27-35,56-60,72H,8-9,14-20,46H2,1-7H3,(H,47,68)(H,48,69)(H,49,61)(H,50,62)(H,51,63)(H,52,64)(H,53,65)(H,54,66)(H,55,67)(H,70,71)/t22-,23-,24-,27-,28-,29-,30-,31-,32-,33-,34-,35-/m0/s1. The minimum absolute atomic E-state index is 0.0476. The van der Waals surface area contributed by atoms with E-state index in [1.165, 1.54) is 31.2 Å². The Morgan fingerprint density at radius 3 is 1.28 bits per heavy atom. The normalized spacial score (nSPS) is 16.2. The van der Waals surface area contributed by atoms with Gasteiger partial charge in [-0.15, -0.1) is 0 Å². The van der Waals surface area contributed by atoms with Crippen LogP contribution in [0, 0.1) is 17.8 Å². The highest BCUT2D eigenvalue weighted by molar-refractivity contribution is 7.80. The summed E-state index contributed by atoms with van der Waals surface area (Å²) in [6, 6.07) is -9.20. The zero-order valence-corrected chi connectivity index (χ0v) is 42.4. The third-order valence-electron chi connectivity index (χ3n) is 11.5. The summed E-state index contributed by atoms with van der Waals surface area (Å²) >= 11 is 4.17. The number of phenolic OH excluding ortho intramolecular Hbond substituents is 1. The largest absolute Gasteiger partial charge is 0.508 e. The highest BCUT2D eigenvalue weighted by Gasteiger charge is 2.36. The molecule has 0 unspecified atom stereocenters. The molecule has 0 fully saturated rings. The first-order valence-electron chi connectivity index (χ1n) is 23.4. The Balaban J connectivity index is 3.29. The summed E-state index contributed by atoms with van der Waals surface area (Å²) in [6.07, 6.45) is 0.670. The predicted molar refractivity (Wildman–Crippen MR) is 261 cm³/mol. The average molecular weight is 1040 g/mol. The van der Waals surface area contributed by atoms with E-state index in [4.69, 9.17) is 10.8 Å². The Morgan fingerprint density at radius 1 is 0.500 bits per heavy atom. The number of carbonyl (C=O) groups excluding carboxylic acids is 9. The first kappa shape index (κ1) is 63.9. The second-order valence-corrected chi connectivity index (χ2v) is 18.1. The van der Waals surface area contributed by atoms with Crippen LogP contribution in [-0.2, 0) is 54.4 Å². The lowest BCUT2D eigenvalue weighted by Crippen LogP contribution is -2.62. The number of nitrogens with two attached hydrogens (primary N) is 1. The number of amides is 9. The second kappa shape index (κ2) is 32.0. The van der Waals surface area contributed by atoms with Crippen molar-refractivity contribution in [3.8, 4) is 5.75 Å². The zero-order valence-electron chi connectivity index (χ0n) is 41.5. The highest BCUT2D eigenvalue weighted by atomic mass is 32.1. The van der Waals surface area contributed by atoms with Crippen molar-refractivity contribution in [3.63, 3.8) is 0 Å². The van der Waals surface area contributed by atoms with Crippen LogP contribution in [0.15, 0.2) is 24.3 Å². The van der Waals surface area contributed by atoms with Crippen LogP contribution in [0.1, 0.15) is 73.3 Å². The van der Waals surface area contributed by atoms with Crippen molar-refractivity contribution in [2.75, 3.05) is 32.2 Å². The summed E-state index contributed by atoms with van der Waals surface area (Å²) in [5.74, 6) is -11.8. The molecule has 12 atom stereocenters. The number of carbonyl (C=O) groups is 10. The number of aromatic hydroxyl groups is 1. The molecule has 0 bridgehead atoms. The summed E-state index contributed by atoms with van der Waals surface area (Å²) < 4.78 is 0. The Morgan fingerprint density at radius 2 is 0.861 bits per heavy atom. The summed E-state index contributed by atoms with van der Waals surface area (Å²) in [6.45, 7) is 7.71. The number of carboxylic acids is 1. The van der Waals surface area contributed by atoms with Crippen LogP contribution in [0.4, 0.5) is 0 Å². The van der Waals surface area contributed by atoms with Gasteiger partial charge in [-0.2, -0.15) is 12.6 Å². The molecule has 406 valence electrons. The van der Waals surface area contributed by atoms with E-state index in [0.717, 1.165) is 0 Å². The van der Waals surface area contributed by atoms with Crippen molar-refractivity contribution in [1.29, 1.82) is 0 Å². The number of benzene rings is 1. The molecule has 0 heterocycles. The van der Waals surface area contributed by atoms with E-state index in [2.05, 4.69) is 55.2 Å². The minimum Gasteiger partial charge on any atom is -0.508 e. The van der Waals surface area contributed by atoms with Gasteiger partial charge in [0, 0.05) is 12.2 Å². The topological polar surface area (TPSA) is 426 Å². The van der Waals surface area contributed by atoms with Gasteiger partial charge < -0.3 is 84.2 Å². The van der Waals surface area contributed by atoms with Crippen LogP contribution < -0.4 is 53.6 Å².